The molecule has 16 heavy (non-hydrogen) atoms. The maximum Gasteiger partial charge on any atom is 0.328 e. The van der Waals surface area contributed by atoms with Gasteiger partial charge in [0, 0.05) is 5.69 Å². The van der Waals surface area contributed by atoms with Crippen LogP contribution in [-0.2, 0) is 4.79 Å². The molecular formula is C10H12N2O4. The molecular weight excluding hydrogens is 212 g/mol. The first kappa shape index (κ1) is 12.0. The molecule has 6 heteroatoms. The molecule has 0 bridgehead atoms. The van der Waals surface area contributed by atoms with Crippen LogP contribution in [0.3, 0.4) is 0 Å². The molecule has 1 rings (SSSR count). The Morgan fingerprint density at radius 3 is 2.50 bits per heavy atom. The molecule has 1 atom stereocenters. The summed E-state index contributed by atoms with van der Waals surface area (Å²) in [6.45, 7) is -0.673. The maximum absolute atomic E-state index is 11.6. The van der Waals surface area contributed by atoms with E-state index >= 15 is 0 Å². The van der Waals surface area contributed by atoms with Gasteiger partial charge in [-0.15, -0.1) is 0 Å². The van der Waals surface area contributed by atoms with Crippen molar-refractivity contribution in [1.29, 1.82) is 0 Å². The molecule has 0 saturated carbocycles. The summed E-state index contributed by atoms with van der Waals surface area (Å²) in [5.41, 5.74) is 5.98. The third kappa shape index (κ3) is 2.71. The van der Waals surface area contributed by atoms with Crippen LogP contribution in [0.4, 0.5) is 5.69 Å². The van der Waals surface area contributed by atoms with Crippen molar-refractivity contribution in [2.24, 2.45) is 0 Å². The number of anilines is 1. The fraction of sp³-hybridized carbons (Fsp3) is 0.200. The molecule has 0 aliphatic heterocycles. The lowest BCUT2D eigenvalue weighted by atomic mass is 10.1. The van der Waals surface area contributed by atoms with Gasteiger partial charge in [0.15, 0.2) is 6.04 Å². The van der Waals surface area contributed by atoms with Gasteiger partial charge in [-0.25, -0.2) is 4.79 Å². The van der Waals surface area contributed by atoms with Crippen LogP contribution in [0.15, 0.2) is 24.3 Å². The maximum atomic E-state index is 11.6. The van der Waals surface area contributed by atoms with Crippen molar-refractivity contribution in [3.05, 3.63) is 29.8 Å². The van der Waals surface area contributed by atoms with E-state index in [2.05, 4.69) is 5.32 Å². The molecule has 1 unspecified atom stereocenters. The Bertz CT molecular complexity index is 406. The Hall–Kier alpha value is -2.08. The summed E-state index contributed by atoms with van der Waals surface area (Å²) >= 11 is 0. The van der Waals surface area contributed by atoms with Crippen molar-refractivity contribution in [3.8, 4) is 0 Å². The highest BCUT2D eigenvalue weighted by atomic mass is 16.4. The number of nitrogens with one attached hydrogen (secondary N) is 1. The number of aliphatic carboxylic acids is 1. The van der Waals surface area contributed by atoms with Gasteiger partial charge >= 0.3 is 5.97 Å². The molecule has 86 valence electrons. The van der Waals surface area contributed by atoms with Crippen molar-refractivity contribution in [2.75, 3.05) is 12.3 Å². The molecule has 6 nitrogen and oxygen atoms in total. The zero-order valence-electron chi connectivity index (χ0n) is 8.38. The van der Waals surface area contributed by atoms with E-state index in [0.29, 0.717) is 0 Å². The number of carboxylic acid groups (broad SMARTS) is 1. The number of amides is 1. The summed E-state index contributed by atoms with van der Waals surface area (Å²) in [5.74, 6) is -1.93. The van der Waals surface area contributed by atoms with Crippen molar-refractivity contribution in [2.45, 2.75) is 6.04 Å². The molecule has 5 N–H and O–H groups in total. The number of hydrogen-bond acceptors (Lipinski definition) is 4. The fourth-order valence-corrected chi connectivity index (χ4v) is 1.13. The fourth-order valence-electron chi connectivity index (χ4n) is 1.13. The number of carbonyl (C=O) groups is 2. The second-order valence-corrected chi connectivity index (χ2v) is 3.13. The number of nitrogen functional groups attached to an aromatic ring is 1. The van der Waals surface area contributed by atoms with Gasteiger partial charge in [0.1, 0.15) is 0 Å². The monoisotopic (exact) mass is 224 g/mol. The van der Waals surface area contributed by atoms with E-state index in [4.69, 9.17) is 15.9 Å². The van der Waals surface area contributed by atoms with Crippen LogP contribution < -0.4 is 11.1 Å². The summed E-state index contributed by atoms with van der Waals surface area (Å²) in [5, 5.41) is 19.5. The number of carboxylic acids is 1. The topological polar surface area (TPSA) is 113 Å². The normalized spacial score (nSPS) is 11.8. The highest BCUT2D eigenvalue weighted by Gasteiger charge is 2.20. The van der Waals surface area contributed by atoms with Gasteiger partial charge < -0.3 is 21.3 Å². The standard InChI is InChI=1S/C10H12N2O4/c11-7-4-2-1-3-6(7)9(14)12-8(5-13)10(15)16/h1-4,8,13H,5,11H2,(H,12,14)(H,15,16). The molecule has 1 aromatic rings. The minimum atomic E-state index is -1.33. The second kappa shape index (κ2) is 5.13. The van der Waals surface area contributed by atoms with Gasteiger partial charge in [-0.05, 0) is 12.1 Å². The van der Waals surface area contributed by atoms with Crippen LogP contribution >= 0.6 is 0 Å². The highest BCUT2D eigenvalue weighted by Crippen LogP contribution is 2.10. The lowest BCUT2D eigenvalue weighted by Gasteiger charge is -2.12. The van der Waals surface area contributed by atoms with Crippen LogP contribution in [0.5, 0.6) is 0 Å². The first-order valence-electron chi connectivity index (χ1n) is 4.55. The average molecular weight is 224 g/mol. The molecule has 0 aliphatic carbocycles. The third-order valence-corrected chi connectivity index (χ3v) is 1.99. The minimum Gasteiger partial charge on any atom is -0.480 e. The summed E-state index contributed by atoms with van der Waals surface area (Å²) in [7, 11) is 0. The highest BCUT2D eigenvalue weighted by molar-refractivity contribution is 6.00. The Morgan fingerprint density at radius 2 is 2.00 bits per heavy atom. The van der Waals surface area contributed by atoms with Crippen LogP contribution in [0.2, 0.25) is 0 Å². The van der Waals surface area contributed by atoms with Gasteiger partial charge in [0.2, 0.25) is 0 Å². The zero-order valence-corrected chi connectivity index (χ0v) is 8.38. The van der Waals surface area contributed by atoms with E-state index in [0.717, 1.165) is 0 Å². The first-order valence-corrected chi connectivity index (χ1v) is 4.55. The number of para-hydroxylation sites is 1. The van der Waals surface area contributed by atoms with Crippen molar-refractivity contribution in [3.63, 3.8) is 0 Å². The molecule has 0 aliphatic rings. The van der Waals surface area contributed by atoms with Gasteiger partial charge in [-0.3, -0.25) is 4.79 Å². The number of carbonyl (C=O) groups excluding carboxylic acids is 1. The van der Waals surface area contributed by atoms with Gasteiger partial charge in [0.05, 0.1) is 12.2 Å². The quantitative estimate of drug-likeness (QED) is 0.512. The lowest BCUT2D eigenvalue weighted by Crippen LogP contribution is -2.43. The van der Waals surface area contributed by atoms with Crippen LogP contribution in [0.25, 0.3) is 0 Å². The summed E-state index contributed by atoms with van der Waals surface area (Å²) in [4.78, 5) is 22.1. The zero-order chi connectivity index (χ0) is 12.1. The Balaban J connectivity index is 2.80. The molecule has 1 aromatic carbocycles. The predicted molar refractivity (Wildman–Crippen MR) is 56.8 cm³/mol. The minimum absolute atomic E-state index is 0.183. The molecule has 0 fully saturated rings. The van der Waals surface area contributed by atoms with E-state index in [9.17, 15) is 9.59 Å². The number of rotatable bonds is 4. The third-order valence-electron chi connectivity index (χ3n) is 1.99. The van der Waals surface area contributed by atoms with E-state index in [1.54, 1.807) is 12.1 Å². The van der Waals surface area contributed by atoms with Crippen molar-refractivity contribution < 1.29 is 19.8 Å². The average Bonchev–Trinajstić information content (AvgIpc) is 2.25. The number of hydrogen-bond donors (Lipinski definition) is 4. The van der Waals surface area contributed by atoms with E-state index in [1.165, 1.54) is 12.1 Å². The number of nitrogens with two attached hydrogens (primary N) is 1. The summed E-state index contributed by atoms with van der Waals surface area (Å²) < 4.78 is 0. The predicted octanol–water partition coefficient (Wildman–Crippen LogP) is -0.556. The smallest absolute Gasteiger partial charge is 0.328 e. The van der Waals surface area contributed by atoms with Gasteiger partial charge in [0.25, 0.3) is 5.91 Å². The van der Waals surface area contributed by atoms with Crippen LogP contribution in [0, 0.1) is 0 Å². The number of benzene rings is 1. The Kier molecular flexibility index (Phi) is 3.84. The van der Waals surface area contributed by atoms with E-state index < -0.39 is 24.5 Å². The molecule has 0 spiro atoms. The van der Waals surface area contributed by atoms with Crippen LogP contribution in [0.1, 0.15) is 10.4 Å². The van der Waals surface area contributed by atoms with Crippen molar-refractivity contribution >= 4 is 17.6 Å². The Morgan fingerprint density at radius 1 is 1.38 bits per heavy atom. The van der Waals surface area contributed by atoms with Crippen molar-refractivity contribution in [1.82, 2.24) is 5.32 Å². The summed E-state index contributed by atoms with van der Waals surface area (Å²) in [6, 6.07) is 4.95. The Labute approximate surface area is 91.7 Å². The van der Waals surface area contributed by atoms with Crippen LogP contribution in [-0.4, -0.2) is 34.7 Å². The SMILES string of the molecule is Nc1ccccc1C(=O)NC(CO)C(=O)O. The first-order chi connectivity index (χ1) is 7.56. The molecule has 0 aromatic heterocycles. The molecule has 0 heterocycles. The summed E-state index contributed by atoms with van der Waals surface area (Å²) in [6.07, 6.45) is 0. The largest absolute Gasteiger partial charge is 0.480 e. The number of aliphatic hydroxyl groups is 1. The van der Waals surface area contributed by atoms with E-state index in [-0.39, 0.29) is 11.3 Å². The molecule has 0 saturated heterocycles. The molecule has 0 radical (unpaired) electrons. The second-order valence-electron chi connectivity index (χ2n) is 3.13. The van der Waals surface area contributed by atoms with E-state index in [1.807, 2.05) is 0 Å². The number of aliphatic hydroxyl groups excluding tert-OH is 1. The molecule has 1 amide bonds. The van der Waals surface area contributed by atoms with Gasteiger partial charge in [-0.2, -0.15) is 0 Å². The lowest BCUT2D eigenvalue weighted by molar-refractivity contribution is -0.140. The van der Waals surface area contributed by atoms with Gasteiger partial charge in [-0.1, -0.05) is 12.1 Å².